The molecule has 2 aliphatic heterocycles. The molecular formula is C36H35Cl2N3O6S2. The fourth-order valence-corrected chi connectivity index (χ4v) is 8.12. The first-order chi connectivity index (χ1) is 23.5. The summed E-state index contributed by atoms with van der Waals surface area (Å²) in [7, 11) is 0. The molecule has 1 N–H and O–H groups in total. The molecule has 1 saturated heterocycles. The number of hydrogen-bond acceptors (Lipinski definition) is 10. The van der Waals surface area contributed by atoms with E-state index in [-0.39, 0.29) is 22.6 Å². The molecule has 0 spiro atoms. The van der Waals surface area contributed by atoms with E-state index in [0.717, 1.165) is 23.3 Å². The van der Waals surface area contributed by atoms with Gasteiger partial charge >= 0.3 is 5.91 Å². The first-order valence-corrected chi connectivity index (χ1v) is 18.5. The van der Waals surface area contributed by atoms with Crippen molar-refractivity contribution in [3.63, 3.8) is 0 Å². The second-order valence-electron chi connectivity index (χ2n) is 12.2. The quantitative estimate of drug-likeness (QED) is 0.0501. The summed E-state index contributed by atoms with van der Waals surface area (Å²) in [5, 5.41) is 21.7. The van der Waals surface area contributed by atoms with E-state index >= 15 is 0 Å². The van der Waals surface area contributed by atoms with Crippen molar-refractivity contribution in [3.05, 3.63) is 92.5 Å². The number of ether oxygens (including phenoxy) is 3. The Hall–Kier alpha value is -3.77. The standard InChI is InChI=1S/C36H35Cl2N3O6S2/c1-5-45-29-16-21(7-11-28(29)46-13-12-19(2)3)31-30(32(42)22-8-10-27-24(15-22)14-20(4)47-27)33(43)34(44)41(31)35-39-40-36(49-35)48-18-23-6-9-25(37)17-26(23)38/h6-11,15-17,19-20,31,42H,5,12-14,18H2,1-4H3/b32-30+/t20-,31+/m0/s1. The molecule has 3 heterocycles. The van der Waals surface area contributed by atoms with E-state index in [2.05, 4.69) is 24.0 Å². The molecule has 4 aromatic rings. The van der Waals surface area contributed by atoms with Gasteiger partial charge < -0.3 is 19.3 Å². The van der Waals surface area contributed by atoms with Crippen LogP contribution in [0, 0.1) is 5.92 Å². The molecule has 1 amide bonds. The lowest BCUT2D eigenvalue weighted by Crippen LogP contribution is -2.29. The molecule has 6 rings (SSSR count). The number of hydrogen-bond donors (Lipinski definition) is 1. The normalized spacial score (nSPS) is 18.2. The molecule has 1 fully saturated rings. The van der Waals surface area contributed by atoms with Crippen molar-refractivity contribution in [3.8, 4) is 17.2 Å². The number of aliphatic hydroxyl groups is 1. The van der Waals surface area contributed by atoms with Crippen molar-refractivity contribution in [2.45, 2.75) is 62.8 Å². The minimum Gasteiger partial charge on any atom is -0.507 e. The van der Waals surface area contributed by atoms with Crippen LogP contribution in [0.5, 0.6) is 17.2 Å². The highest BCUT2D eigenvalue weighted by Crippen LogP contribution is 2.46. The monoisotopic (exact) mass is 739 g/mol. The minimum atomic E-state index is -1.02. The maximum atomic E-state index is 13.9. The van der Waals surface area contributed by atoms with Crippen LogP contribution in [0.25, 0.3) is 5.76 Å². The van der Waals surface area contributed by atoms with E-state index in [1.165, 1.54) is 28.0 Å². The van der Waals surface area contributed by atoms with Crippen LogP contribution >= 0.6 is 46.3 Å². The number of ketones is 1. The molecule has 0 unspecified atom stereocenters. The van der Waals surface area contributed by atoms with Crippen molar-refractivity contribution in [1.82, 2.24) is 10.2 Å². The number of Topliss-reactive ketones (excluding diaryl/α,β-unsaturated/α-hetero) is 1. The van der Waals surface area contributed by atoms with Crippen molar-refractivity contribution in [2.75, 3.05) is 18.1 Å². The number of carbonyl (C=O) groups is 2. The number of carbonyl (C=O) groups excluding carboxylic acids is 2. The van der Waals surface area contributed by atoms with Crippen molar-refractivity contribution >= 4 is 68.9 Å². The predicted octanol–water partition coefficient (Wildman–Crippen LogP) is 8.91. The summed E-state index contributed by atoms with van der Waals surface area (Å²) in [4.78, 5) is 29.0. The highest BCUT2D eigenvalue weighted by atomic mass is 35.5. The number of nitrogens with zero attached hydrogens (tertiary/aromatic N) is 3. The summed E-state index contributed by atoms with van der Waals surface area (Å²) in [5.41, 5.74) is 2.66. The van der Waals surface area contributed by atoms with Gasteiger partial charge in [-0.2, -0.15) is 0 Å². The van der Waals surface area contributed by atoms with E-state index in [1.54, 1.807) is 48.5 Å². The maximum Gasteiger partial charge on any atom is 0.301 e. The molecule has 3 aromatic carbocycles. The molecular weight excluding hydrogens is 705 g/mol. The van der Waals surface area contributed by atoms with Crippen LogP contribution in [0.2, 0.25) is 10.0 Å². The summed E-state index contributed by atoms with van der Waals surface area (Å²) in [6.07, 6.45) is 1.52. The fourth-order valence-electron chi connectivity index (χ4n) is 5.69. The summed E-state index contributed by atoms with van der Waals surface area (Å²) in [6.45, 7) is 8.95. The highest BCUT2D eigenvalue weighted by molar-refractivity contribution is 8.00. The number of aliphatic hydroxyl groups excluding tert-OH is 1. The number of rotatable bonds is 12. The Morgan fingerprint density at radius 3 is 2.65 bits per heavy atom. The molecule has 0 bridgehead atoms. The number of amides is 1. The lowest BCUT2D eigenvalue weighted by atomic mass is 9.94. The van der Waals surface area contributed by atoms with Gasteiger partial charge in [-0.15, -0.1) is 10.2 Å². The molecule has 49 heavy (non-hydrogen) atoms. The third-order valence-electron chi connectivity index (χ3n) is 8.12. The second kappa shape index (κ2) is 15.0. The van der Waals surface area contributed by atoms with Crippen molar-refractivity contribution in [1.29, 1.82) is 0 Å². The molecule has 1 aromatic heterocycles. The molecule has 0 aliphatic carbocycles. The molecule has 256 valence electrons. The number of fused-ring (bicyclic) bond motifs is 1. The topological polar surface area (TPSA) is 111 Å². The average molecular weight is 741 g/mol. The van der Waals surface area contributed by atoms with E-state index in [1.807, 2.05) is 19.9 Å². The van der Waals surface area contributed by atoms with Crippen LogP contribution in [0.3, 0.4) is 0 Å². The van der Waals surface area contributed by atoms with Gasteiger partial charge in [-0.05, 0) is 85.3 Å². The van der Waals surface area contributed by atoms with Gasteiger partial charge in [0.25, 0.3) is 5.78 Å². The first kappa shape index (κ1) is 35.1. The van der Waals surface area contributed by atoms with Crippen molar-refractivity contribution < 1.29 is 28.9 Å². The van der Waals surface area contributed by atoms with Crippen LogP contribution < -0.4 is 19.1 Å². The van der Waals surface area contributed by atoms with E-state index in [9.17, 15) is 14.7 Å². The smallest absolute Gasteiger partial charge is 0.301 e. The van der Waals surface area contributed by atoms with Gasteiger partial charge in [0.2, 0.25) is 5.13 Å². The molecule has 2 aliphatic rings. The van der Waals surface area contributed by atoms with Gasteiger partial charge in [0.05, 0.1) is 24.8 Å². The largest absolute Gasteiger partial charge is 0.507 e. The molecule has 2 atom stereocenters. The number of thioether (sulfide) groups is 1. The fraction of sp³-hybridized carbons (Fsp3) is 0.333. The summed E-state index contributed by atoms with van der Waals surface area (Å²) in [6, 6.07) is 14.8. The zero-order chi connectivity index (χ0) is 34.8. The number of benzene rings is 3. The van der Waals surface area contributed by atoms with Crippen LogP contribution in [0.4, 0.5) is 5.13 Å². The Morgan fingerprint density at radius 2 is 1.90 bits per heavy atom. The van der Waals surface area contributed by atoms with E-state index in [0.29, 0.717) is 68.3 Å². The Morgan fingerprint density at radius 1 is 1.08 bits per heavy atom. The summed E-state index contributed by atoms with van der Waals surface area (Å²) >= 11 is 15.0. The van der Waals surface area contributed by atoms with Gasteiger partial charge in [-0.3, -0.25) is 14.5 Å². The first-order valence-electron chi connectivity index (χ1n) is 15.9. The summed E-state index contributed by atoms with van der Waals surface area (Å²) in [5.74, 6) is 0.742. The van der Waals surface area contributed by atoms with E-state index < -0.39 is 17.7 Å². The Kier molecular flexibility index (Phi) is 10.7. The third-order valence-corrected chi connectivity index (χ3v) is 10.8. The Bertz CT molecular complexity index is 1930. The lowest BCUT2D eigenvalue weighted by molar-refractivity contribution is -0.132. The SMILES string of the molecule is CCOc1cc([C@@H]2/C(=C(\O)c3ccc4c(c3)C[C@H](C)O4)C(=O)C(=O)N2c2nnc(SCc3ccc(Cl)cc3Cl)s2)ccc1OCCC(C)C. The Labute approximate surface area is 303 Å². The second-order valence-corrected chi connectivity index (χ2v) is 15.2. The molecule has 9 nitrogen and oxygen atoms in total. The number of anilines is 1. The third kappa shape index (κ3) is 7.55. The predicted molar refractivity (Wildman–Crippen MR) is 194 cm³/mol. The number of aromatic nitrogens is 2. The minimum absolute atomic E-state index is 0.00331. The van der Waals surface area contributed by atoms with Gasteiger partial charge in [0, 0.05) is 27.8 Å². The van der Waals surface area contributed by atoms with Gasteiger partial charge in [0.1, 0.15) is 17.6 Å². The summed E-state index contributed by atoms with van der Waals surface area (Å²) < 4.78 is 18.4. The zero-order valence-electron chi connectivity index (χ0n) is 27.4. The van der Waals surface area contributed by atoms with Gasteiger partial charge in [-0.25, -0.2) is 0 Å². The van der Waals surface area contributed by atoms with Crippen molar-refractivity contribution in [2.24, 2.45) is 5.92 Å². The lowest BCUT2D eigenvalue weighted by Gasteiger charge is -2.24. The zero-order valence-corrected chi connectivity index (χ0v) is 30.5. The molecule has 13 heteroatoms. The van der Waals surface area contributed by atoms with Gasteiger partial charge in [0.15, 0.2) is 15.8 Å². The number of halogens is 2. The van der Waals surface area contributed by atoms with Crippen LogP contribution in [0.15, 0.2) is 64.5 Å². The van der Waals surface area contributed by atoms with Crippen LogP contribution in [-0.4, -0.2) is 46.3 Å². The molecule has 0 saturated carbocycles. The Balaban J connectivity index is 1.40. The van der Waals surface area contributed by atoms with Gasteiger partial charge in [-0.1, -0.05) is 72.3 Å². The highest BCUT2D eigenvalue weighted by Gasteiger charge is 2.48. The molecule has 0 radical (unpaired) electrons. The maximum absolute atomic E-state index is 13.9. The van der Waals surface area contributed by atoms with E-state index in [4.69, 9.17) is 37.4 Å². The average Bonchev–Trinajstić information content (AvgIpc) is 3.75. The van der Waals surface area contributed by atoms with Crippen LogP contribution in [0.1, 0.15) is 62.4 Å². The van der Waals surface area contributed by atoms with Crippen LogP contribution in [-0.2, 0) is 21.8 Å².